The van der Waals surface area contributed by atoms with E-state index in [0.717, 1.165) is 0 Å². The van der Waals surface area contributed by atoms with Crippen LogP contribution in [0.3, 0.4) is 0 Å². The van der Waals surface area contributed by atoms with Crippen molar-refractivity contribution in [2.24, 2.45) is 0 Å². The highest BCUT2D eigenvalue weighted by Crippen LogP contribution is 2.14. The van der Waals surface area contributed by atoms with E-state index in [1.165, 1.54) is 12.4 Å². The number of aromatic amines is 2. The molecule has 0 amide bonds. The Hall–Kier alpha value is -2.11. The van der Waals surface area contributed by atoms with E-state index in [0.29, 0.717) is 11.0 Å². The Morgan fingerprint density at radius 2 is 2.12 bits per heavy atom. The largest absolute Gasteiger partial charge is 0.455 e. The van der Waals surface area contributed by atoms with Gasteiger partial charge in [-0.1, -0.05) is 0 Å². The maximum absolute atomic E-state index is 11.7. The van der Waals surface area contributed by atoms with E-state index < -0.39 is 11.6 Å². The topological polar surface area (TPSA) is 87.8 Å². The summed E-state index contributed by atoms with van der Waals surface area (Å²) in [5, 5.41) is 0.341. The van der Waals surface area contributed by atoms with Crippen LogP contribution in [0.15, 0.2) is 17.2 Å². The van der Waals surface area contributed by atoms with Crippen molar-refractivity contribution in [2.45, 2.75) is 26.4 Å². The summed E-state index contributed by atoms with van der Waals surface area (Å²) in [6, 6.07) is 1.44. The maximum atomic E-state index is 11.7. The third kappa shape index (κ3) is 2.35. The second kappa shape index (κ2) is 3.73. The zero-order valence-electron chi connectivity index (χ0n) is 9.83. The Bertz CT molecular complexity index is 619. The van der Waals surface area contributed by atoms with Gasteiger partial charge in [-0.2, -0.15) is 0 Å². The number of carbonyl (C=O) groups excluding carboxylic acids is 1. The van der Waals surface area contributed by atoms with Gasteiger partial charge in [0.1, 0.15) is 16.9 Å². The van der Waals surface area contributed by atoms with Gasteiger partial charge < -0.3 is 14.7 Å². The van der Waals surface area contributed by atoms with E-state index in [1.807, 2.05) is 0 Å². The smallest absolute Gasteiger partial charge is 0.355 e. The normalized spacial score (nSPS) is 11.7. The minimum atomic E-state index is -0.575. The van der Waals surface area contributed by atoms with Crippen LogP contribution in [-0.4, -0.2) is 26.5 Å². The van der Waals surface area contributed by atoms with Crippen molar-refractivity contribution in [3.05, 3.63) is 28.4 Å². The summed E-state index contributed by atoms with van der Waals surface area (Å²) >= 11 is 0. The predicted molar refractivity (Wildman–Crippen MR) is 61.9 cm³/mol. The van der Waals surface area contributed by atoms with Crippen LogP contribution in [0, 0.1) is 0 Å². The number of aromatic nitrogens is 3. The molecule has 0 radical (unpaired) electrons. The molecule has 0 aliphatic heterocycles. The molecule has 0 unspecified atom stereocenters. The standard InChI is InChI=1S/C11H13N3O3/c1-11(2,3)17-10(16)7-4-6-8(14-7)12-5-13-9(6)15/h4-5H,1-3H3,(H2,12,13,14,15). The minimum Gasteiger partial charge on any atom is -0.455 e. The molecule has 0 atom stereocenters. The van der Waals surface area contributed by atoms with E-state index in [9.17, 15) is 9.59 Å². The van der Waals surface area contributed by atoms with E-state index in [1.54, 1.807) is 20.8 Å². The van der Waals surface area contributed by atoms with Crippen LogP contribution in [0.25, 0.3) is 11.0 Å². The molecule has 2 aromatic heterocycles. The Balaban J connectivity index is 2.41. The van der Waals surface area contributed by atoms with Crippen LogP contribution in [-0.2, 0) is 4.74 Å². The molecular formula is C11H13N3O3. The molecule has 0 aliphatic carbocycles. The van der Waals surface area contributed by atoms with Gasteiger partial charge in [0.15, 0.2) is 0 Å². The van der Waals surface area contributed by atoms with Crippen LogP contribution >= 0.6 is 0 Å². The van der Waals surface area contributed by atoms with Crippen molar-refractivity contribution in [3.8, 4) is 0 Å². The Kier molecular flexibility index (Phi) is 2.49. The summed E-state index contributed by atoms with van der Waals surface area (Å²) < 4.78 is 5.18. The Morgan fingerprint density at radius 3 is 2.71 bits per heavy atom. The molecule has 0 saturated carbocycles. The predicted octanol–water partition coefficient (Wildman–Crippen LogP) is 1.21. The molecule has 2 N–H and O–H groups in total. The lowest BCUT2D eigenvalue weighted by Crippen LogP contribution is -2.24. The first-order valence-electron chi connectivity index (χ1n) is 5.16. The molecule has 0 spiro atoms. The van der Waals surface area contributed by atoms with Gasteiger partial charge in [-0.25, -0.2) is 9.78 Å². The third-order valence-electron chi connectivity index (χ3n) is 2.05. The second-order valence-electron chi connectivity index (χ2n) is 4.68. The van der Waals surface area contributed by atoms with E-state index in [2.05, 4.69) is 15.0 Å². The molecule has 6 heteroatoms. The van der Waals surface area contributed by atoms with E-state index >= 15 is 0 Å². The molecule has 2 aromatic rings. The van der Waals surface area contributed by atoms with Crippen molar-refractivity contribution in [3.63, 3.8) is 0 Å². The molecule has 0 aromatic carbocycles. The van der Waals surface area contributed by atoms with Gasteiger partial charge in [-0.3, -0.25) is 4.79 Å². The van der Waals surface area contributed by atoms with Gasteiger partial charge in [-0.15, -0.1) is 0 Å². The molecule has 0 aliphatic rings. The molecular weight excluding hydrogens is 222 g/mol. The van der Waals surface area contributed by atoms with Crippen molar-refractivity contribution in [1.29, 1.82) is 0 Å². The van der Waals surface area contributed by atoms with Crippen molar-refractivity contribution in [1.82, 2.24) is 15.0 Å². The zero-order chi connectivity index (χ0) is 12.6. The molecule has 17 heavy (non-hydrogen) atoms. The number of esters is 1. The summed E-state index contributed by atoms with van der Waals surface area (Å²) in [5.41, 5.74) is -0.274. The summed E-state index contributed by atoms with van der Waals surface area (Å²) in [5.74, 6) is -0.505. The molecule has 6 nitrogen and oxygen atoms in total. The number of nitrogens with one attached hydrogen (secondary N) is 2. The highest BCUT2D eigenvalue weighted by molar-refractivity contribution is 5.93. The van der Waals surface area contributed by atoms with Gasteiger partial charge in [0.2, 0.25) is 0 Å². The van der Waals surface area contributed by atoms with E-state index in [4.69, 9.17) is 4.74 Å². The maximum Gasteiger partial charge on any atom is 0.355 e. The van der Waals surface area contributed by atoms with Gasteiger partial charge in [0, 0.05) is 0 Å². The zero-order valence-corrected chi connectivity index (χ0v) is 9.83. The number of hydrogen-bond acceptors (Lipinski definition) is 4. The highest BCUT2D eigenvalue weighted by atomic mass is 16.6. The fraction of sp³-hybridized carbons (Fsp3) is 0.364. The number of H-pyrrole nitrogens is 2. The first-order valence-corrected chi connectivity index (χ1v) is 5.16. The fourth-order valence-corrected chi connectivity index (χ4v) is 1.39. The third-order valence-corrected chi connectivity index (χ3v) is 2.05. The van der Waals surface area contributed by atoms with Gasteiger partial charge in [0.05, 0.1) is 11.7 Å². The van der Waals surface area contributed by atoms with E-state index in [-0.39, 0.29) is 11.3 Å². The number of hydrogen-bond donors (Lipinski definition) is 2. The molecule has 90 valence electrons. The molecule has 2 heterocycles. The number of fused-ring (bicyclic) bond motifs is 1. The van der Waals surface area contributed by atoms with Crippen molar-refractivity contribution in [2.75, 3.05) is 0 Å². The van der Waals surface area contributed by atoms with Crippen LogP contribution in [0.1, 0.15) is 31.3 Å². The Morgan fingerprint density at radius 1 is 1.41 bits per heavy atom. The summed E-state index contributed by atoms with van der Waals surface area (Å²) in [6.07, 6.45) is 1.28. The lowest BCUT2D eigenvalue weighted by molar-refractivity contribution is 0.00638. The number of ether oxygens (including phenoxy) is 1. The summed E-state index contributed by atoms with van der Waals surface area (Å²) in [7, 11) is 0. The first-order chi connectivity index (χ1) is 7.87. The highest BCUT2D eigenvalue weighted by Gasteiger charge is 2.20. The van der Waals surface area contributed by atoms with Gasteiger partial charge in [0.25, 0.3) is 5.56 Å². The number of carbonyl (C=O) groups is 1. The lowest BCUT2D eigenvalue weighted by atomic mass is 10.2. The van der Waals surface area contributed by atoms with Gasteiger partial charge in [-0.05, 0) is 26.8 Å². The first kappa shape index (κ1) is 11.4. The molecule has 0 fully saturated rings. The molecule has 0 saturated heterocycles. The average molecular weight is 235 g/mol. The SMILES string of the molecule is CC(C)(C)OC(=O)c1cc2c(=O)[nH]cnc2[nH]1. The number of nitrogens with zero attached hydrogens (tertiary/aromatic N) is 1. The fourth-order valence-electron chi connectivity index (χ4n) is 1.39. The molecule has 2 rings (SSSR count). The monoisotopic (exact) mass is 235 g/mol. The van der Waals surface area contributed by atoms with Crippen LogP contribution in [0.4, 0.5) is 0 Å². The Labute approximate surface area is 97.0 Å². The van der Waals surface area contributed by atoms with Crippen LogP contribution in [0.2, 0.25) is 0 Å². The summed E-state index contributed by atoms with van der Waals surface area (Å²) in [6.45, 7) is 5.33. The summed E-state index contributed by atoms with van der Waals surface area (Å²) in [4.78, 5) is 32.3. The lowest BCUT2D eigenvalue weighted by Gasteiger charge is -2.18. The second-order valence-corrected chi connectivity index (χ2v) is 4.68. The van der Waals surface area contributed by atoms with Gasteiger partial charge >= 0.3 is 5.97 Å². The minimum absolute atomic E-state index is 0.221. The van der Waals surface area contributed by atoms with Crippen molar-refractivity contribution < 1.29 is 9.53 Å². The average Bonchev–Trinajstić information content (AvgIpc) is 2.60. The molecule has 0 bridgehead atoms. The quantitative estimate of drug-likeness (QED) is 0.727. The number of rotatable bonds is 1. The van der Waals surface area contributed by atoms with Crippen LogP contribution in [0.5, 0.6) is 0 Å². The van der Waals surface area contributed by atoms with Crippen LogP contribution < -0.4 is 5.56 Å². The van der Waals surface area contributed by atoms with Crippen molar-refractivity contribution >= 4 is 17.0 Å².